The first-order valence-corrected chi connectivity index (χ1v) is 27.9. The molecule has 0 radical (unpaired) electrons. The second-order valence-electron chi connectivity index (χ2n) is 21.0. The van der Waals surface area contributed by atoms with E-state index in [1.54, 1.807) is 0 Å². The third kappa shape index (κ3) is 6.80. The molecule has 382 valence electrons. The summed E-state index contributed by atoms with van der Waals surface area (Å²) in [5.41, 5.74) is 19.5. The fourth-order valence-electron chi connectivity index (χ4n) is 13.3. The number of nitrogens with zero attached hydrogens (tertiary/aromatic N) is 7. The molecule has 0 amide bonds. The van der Waals surface area contributed by atoms with Crippen molar-refractivity contribution in [2.45, 2.75) is 0 Å². The number of hydrogen-bond donors (Lipinski definition) is 0. The third-order valence-electron chi connectivity index (χ3n) is 16.7. The number of pyridine rings is 1. The summed E-state index contributed by atoms with van der Waals surface area (Å²) in [6.45, 7) is 0. The van der Waals surface area contributed by atoms with E-state index < -0.39 is 0 Å². The van der Waals surface area contributed by atoms with Crippen LogP contribution in [-0.4, -0.2) is 33.2 Å². The predicted molar refractivity (Wildman–Crippen MR) is 339 cm³/mol. The van der Waals surface area contributed by atoms with E-state index in [9.17, 15) is 0 Å². The van der Waals surface area contributed by atoms with E-state index >= 15 is 0 Å². The molecule has 0 spiro atoms. The summed E-state index contributed by atoms with van der Waals surface area (Å²) in [7, 11) is 0. The summed E-state index contributed by atoms with van der Waals surface area (Å²) in [6.07, 6.45) is 1.83. The molecule has 17 rings (SSSR count). The van der Waals surface area contributed by atoms with Crippen molar-refractivity contribution in [3.05, 3.63) is 285 Å². The van der Waals surface area contributed by atoms with E-state index in [4.69, 9.17) is 15.0 Å². The minimum absolute atomic E-state index is 0.614. The molecule has 0 N–H and O–H groups in total. The van der Waals surface area contributed by atoms with Crippen LogP contribution in [0.15, 0.2) is 285 Å². The Morgan fingerprint density at radius 2 is 0.622 bits per heavy atom. The highest BCUT2D eigenvalue weighted by Crippen LogP contribution is 2.47. The first-order chi connectivity index (χ1) is 40.7. The van der Waals surface area contributed by atoms with Crippen molar-refractivity contribution < 1.29 is 0 Å². The lowest BCUT2D eigenvalue weighted by atomic mass is 9.93. The van der Waals surface area contributed by atoms with Gasteiger partial charge < -0.3 is 18.3 Å². The van der Waals surface area contributed by atoms with Crippen molar-refractivity contribution in [3.8, 4) is 67.9 Å². The first kappa shape index (κ1) is 45.8. The first-order valence-electron chi connectivity index (χ1n) is 27.9. The highest BCUT2D eigenvalue weighted by atomic mass is 15.0. The maximum absolute atomic E-state index is 5.66. The summed E-state index contributed by atoms with van der Waals surface area (Å²) in [5, 5.41) is 9.57. The van der Waals surface area contributed by atoms with Crippen LogP contribution in [0.2, 0.25) is 0 Å². The van der Waals surface area contributed by atoms with Gasteiger partial charge in [0.1, 0.15) is 0 Å². The Labute approximate surface area is 471 Å². The number of benzene rings is 11. The molecular weight excluding hydrogens is 999 g/mol. The Morgan fingerprint density at radius 3 is 1.16 bits per heavy atom. The highest BCUT2D eigenvalue weighted by molar-refractivity contribution is 6.19. The summed E-state index contributed by atoms with van der Waals surface area (Å²) >= 11 is 0. The number of rotatable bonds is 8. The van der Waals surface area contributed by atoms with E-state index in [2.05, 4.69) is 261 Å². The molecule has 0 fully saturated rings. The van der Waals surface area contributed by atoms with E-state index in [0.717, 1.165) is 106 Å². The van der Waals surface area contributed by atoms with Crippen LogP contribution in [0.3, 0.4) is 0 Å². The molecule has 0 aliphatic carbocycles. The summed E-state index contributed by atoms with van der Waals surface area (Å²) in [5.74, 6) is 0.614. The number of fused-ring (bicyclic) bond motifs is 12. The SMILES string of the molecule is c1ccc(-c2nc(-c3ccccn3)cc(-c3c(-c4ccccc4-n4c5ccccc5c5c(-n6c7ccccc7c7ccccc76)cccc54)cccc3-n3c4ccccc4c4c(-n5c6ccccc6c6ccccc65)cccc43)n2)cc1. The summed E-state index contributed by atoms with van der Waals surface area (Å²) in [4.78, 5) is 15.8. The van der Waals surface area contributed by atoms with E-state index in [-0.39, 0.29) is 0 Å². The normalized spacial score (nSPS) is 11.9. The number of aromatic nitrogens is 7. The minimum atomic E-state index is 0.614. The van der Waals surface area contributed by atoms with E-state index in [0.29, 0.717) is 5.82 Å². The average Bonchev–Trinajstić information content (AvgIpc) is 4.43. The molecule has 0 saturated carbocycles. The predicted octanol–water partition coefficient (Wildman–Crippen LogP) is 18.9. The van der Waals surface area contributed by atoms with Gasteiger partial charge in [-0.2, -0.15) is 0 Å². The van der Waals surface area contributed by atoms with Gasteiger partial charge in [0.2, 0.25) is 0 Å². The van der Waals surface area contributed by atoms with Gasteiger partial charge in [0.05, 0.1) is 84.0 Å². The molecule has 0 bridgehead atoms. The monoisotopic (exact) mass is 1050 g/mol. The summed E-state index contributed by atoms with van der Waals surface area (Å²) < 4.78 is 9.84. The van der Waals surface area contributed by atoms with Crippen LogP contribution in [-0.2, 0) is 0 Å². The van der Waals surface area contributed by atoms with Crippen molar-refractivity contribution >= 4 is 87.2 Å². The zero-order valence-corrected chi connectivity index (χ0v) is 44.3. The molecule has 6 heterocycles. The molecule has 0 unspecified atom stereocenters. The zero-order chi connectivity index (χ0) is 53.8. The van der Waals surface area contributed by atoms with Crippen molar-refractivity contribution in [2.75, 3.05) is 0 Å². The second kappa shape index (κ2) is 18.2. The van der Waals surface area contributed by atoms with Crippen LogP contribution < -0.4 is 0 Å². The molecule has 0 atom stereocenters. The Morgan fingerprint density at radius 1 is 0.244 bits per heavy atom. The topological polar surface area (TPSA) is 58.4 Å². The van der Waals surface area contributed by atoms with Crippen LogP contribution in [0.1, 0.15) is 0 Å². The maximum Gasteiger partial charge on any atom is 0.160 e. The number of hydrogen-bond acceptors (Lipinski definition) is 3. The van der Waals surface area contributed by atoms with Crippen LogP contribution in [0.4, 0.5) is 0 Å². The lowest BCUT2D eigenvalue weighted by Gasteiger charge is -2.21. The van der Waals surface area contributed by atoms with Crippen LogP contribution in [0.5, 0.6) is 0 Å². The Kier molecular flexibility index (Phi) is 10.2. The molecule has 11 aromatic carbocycles. The lowest BCUT2D eigenvalue weighted by molar-refractivity contribution is 1.14. The van der Waals surface area contributed by atoms with Gasteiger partial charge in [0, 0.05) is 66.0 Å². The molecular formula is C75H47N7. The van der Waals surface area contributed by atoms with Gasteiger partial charge in [0.15, 0.2) is 5.82 Å². The van der Waals surface area contributed by atoms with Gasteiger partial charge in [-0.3, -0.25) is 4.98 Å². The van der Waals surface area contributed by atoms with Crippen molar-refractivity contribution in [2.24, 2.45) is 0 Å². The molecule has 17 aromatic rings. The van der Waals surface area contributed by atoms with Crippen molar-refractivity contribution in [3.63, 3.8) is 0 Å². The third-order valence-corrected chi connectivity index (χ3v) is 16.7. The average molecular weight is 1050 g/mol. The quantitative estimate of drug-likeness (QED) is 0.152. The van der Waals surface area contributed by atoms with Crippen LogP contribution in [0.25, 0.3) is 155 Å². The standard InChI is InChI=1S/C75H47N7/c1-2-23-48(24-3-1)75-77-58(57-33-18-19-46-76-57)47-59(78-75)72-54(32-20-41-67(72)82-66-40-17-10-31-56(66)74-69(43-22-45-71(74)82)80-62-36-13-6-27-51(62)52-28-7-14-37-63(52)80)53-29-8-15-38-64(53)81-65-39-16-9-30-55(65)73-68(42-21-44-70(73)81)79-60-34-11-4-25-49(60)50-26-5-12-35-61(50)79/h1-47H. The van der Waals surface area contributed by atoms with Gasteiger partial charge >= 0.3 is 0 Å². The smallest absolute Gasteiger partial charge is 0.160 e. The Bertz CT molecular complexity index is 5250. The Balaban J connectivity index is 0.979. The maximum atomic E-state index is 5.66. The van der Waals surface area contributed by atoms with Gasteiger partial charge in [-0.15, -0.1) is 0 Å². The molecule has 82 heavy (non-hydrogen) atoms. The molecule has 0 saturated heterocycles. The molecule has 6 aromatic heterocycles. The van der Waals surface area contributed by atoms with Gasteiger partial charge in [-0.25, -0.2) is 9.97 Å². The fourth-order valence-corrected chi connectivity index (χ4v) is 13.3. The van der Waals surface area contributed by atoms with Crippen LogP contribution in [0, 0.1) is 0 Å². The van der Waals surface area contributed by atoms with Gasteiger partial charge in [-0.1, -0.05) is 188 Å². The largest absolute Gasteiger partial charge is 0.309 e. The highest BCUT2D eigenvalue weighted by Gasteiger charge is 2.27. The van der Waals surface area contributed by atoms with Crippen molar-refractivity contribution in [1.82, 2.24) is 33.2 Å². The zero-order valence-electron chi connectivity index (χ0n) is 44.3. The fraction of sp³-hybridized carbons (Fsp3) is 0. The number of para-hydroxylation sites is 7. The van der Waals surface area contributed by atoms with E-state index in [1.807, 2.05) is 42.6 Å². The van der Waals surface area contributed by atoms with Gasteiger partial charge in [0.25, 0.3) is 0 Å². The second-order valence-corrected chi connectivity index (χ2v) is 21.0. The van der Waals surface area contributed by atoms with Gasteiger partial charge in [-0.05, 0) is 96.6 Å². The molecule has 0 aliphatic heterocycles. The molecule has 7 heteroatoms. The van der Waals surface area contributed by atoms with E-state index in [1.165, 1.54) is 43.4 Å². The Hall–Kier alpha value is -11.2. The minimum Gasteiger partial charge on any atom is -0.309 e. The summed E-state index contributed by atoms with van der Waals surface area (Å²) in [6, 6.07) is 100. The van der Waals surface area contributed by atoms with Crippen LogP contribution >= 0.6 is 0 Å². The lowest BCUT2D eigenvalue weighted by Crippen LogP contribution is -2.04. The molecule has 0 aliphatic rings. The van der Waals surface area contributed by atoms with Crippen molar-refractivity contribution in [1.29, 1.82) is 0 Å². The molecule has 7 nitrogen and oxygen atoms in total.